The molecule has 0 atom stereocenters. The Morgan fingerprint density at radius 2 is 2.17 bits per heavy atom. The van der Waals surface area contributed by atoms with E-state index in [9.17, 15) is 9.18 Å². The maximum absolute atomic E-state index is 13.8. The average molecular weight is 343 g/mol. The molecular formula is C18H18FN3OS. The molecule has 0 bridgehead atoms. The predicted molar refractivity (Wildman–Crippen MR) is 94.7 cm³/mol. The lowest BCUT2D eigenvalue weighted by Crippen LogP contribution is -2.27. The van der Waals surface area contributed by atoms with Crippen LogP contribution in [-0.4, -0.2) is 28.2 Å². The van der Waals surface area contributed by atoms with Crippen LogP contribution in [0.4, 0.5) is 4.39 Å². The highest BCUT2D eigenvalue weighted by Gasteiger charge is 2.14. The fraction of sp³-hybridized carbons (Fsp3) is 0.222. The summed E-state index contributed by atoms with van der Waals surface area (Å²) in [5.74, 6) is 0.392. The van der Waals surface area contributed by atoms with Gasteiger partial charge < -0.3 is 10.3 Å². The minimum Gasteiger partial charge on any atom is -0.356 e. The topological polar surface area (TPSA) is 57.8 Å². The molecule has 2 heterocycles. The van der Waals surface area contributed by atoms with E-state index in [1.807, 2.05) is 31.2 Å². The second-order valence-electron chi connectivity index (χ2n) is 5.43. The molecule has 0 unspecified atom stereocenters. The minimum absolute atomic E-state index is 0.0649. The number of rotatable bonds is 6. The van der Waals surface area contributed by atoms with Crippen LogP contribution in [0.2, 0.25) is 0 Å². The number of H-pyrrole nitrogens is 1. The number of amides is 1. The van der Waals surface area contributed by atoms with Gasteiger partial charge in [-0.1, -0.05) is 18.2 Å². The Bertz CT molecular complexity index is 848. The minimum atomic E-state index is -0.297. The molecule has 0 spiro atoms. The first-order valence-electron chi connectivity index (χ1n) is 7.71. The summed E-state index contributed by atoms with van der Waals surface area (Å²) in [6.45, 7) is 2.43. The first kappa shape index (κ1) is 16.5. The summed E-state index contributed by atoms with van der Waals surface area (Å²) >= 11 is 1.60. The van der Waals surface area contributed by atoms with Gasteiger partial charge in [0.2, 0.25) is 5.91 Å². The monoisotopic (exact) mass is 343 g/mol. The van der Waals surface area contributed by atoms with Crippen molar-refractivity contribution in [2.24, 2.45) is 0 Å². The molecule has 0 saturated carbocycles. The number of nitrogens with zero attached hydrogens (tertiary/aromatic N) is 1. The second-order valence-corrected chi connectivity index (χ2v) is 6.55. The van der Waals surface area contributed by atoms with Gasteiger partial charge >= 0.3 is 0 Å². The van der Waals surface area contributed by atoms with Crippen LogP contribution in [0.5, 0.6) is 0 Å². The SMILES string of the molecule is Cc1[nH]c2c(F)cccc2c1CC(=O)NCCSc1ccccn1. The lowest BCUT2D eigenvalue weighted by molar-refractivity contribution is -0.120. The summed E-state index contributed by atoms with van der Waals surface area (Å²) < 4.78 is 13.8. The highest BCUT2D eigenvalue weighted by Crippen LogP contribution is 2.24. The zero-order chi connectivity index (χ0) is 16.9. The van der Waals surface area contributed by atoms with Crippen molar-refractivity contribution in [1.29, 1.82) is 0 Å². The number of halogens is 1. The molecule has 2 N–H and O–H groups in total. The number of carbonyl (C=O) groups excluding carboxylic acids is 1. The molecule has 24 heavy (non-hydrogen) atoms. The zero-order valence-electron chi connectivity index (χ0n) is 13.3. The number of aromatic amines is 1. The van der Waals surface area contributed by atoms with Crippen molar-refractivity contribution in [2.75, 3.05) is 12.3 Å². The highest BCUT2D eigenvalue weighted by molar-refractivity contribution is 7.99. The third-order valence-electron chi connectivity index (χ3n) is 3.75. The maximum Gasteiger partial charge on any atom is 0.224 e. The van der Waals surface area contributed by atoms with E-state index in [0.29, 0.717) is 12.1 Å². The van der Waals surface area contributed by atoms with Gasteiger partial charge in [-0.05, 0) is 30.7 Å². The third kappa shape index (κ3) is 3.76. The summed E-state index contributed by atoms with van der Waals surface area (Å²) in [6.07, 6.45) is 1.99. The molecule has 0 aliphatic heterocycles. The largest absolute Gasteiger partial charge is 0.356 e. The van der Waals surface area contributed by atoms with Crippen LogP contribution in [0.3, 0.4) is 0 Å². The van der Waals surface area contributed by atoms with E-state index in [1.54, 1.807) is 24.0 Å². The van der Waals surface area contributed by atoms with Gasteiger partial charge in [0.1, 0.15) is 5.82 Å². The number of hydrogen-bond acceptors (Lipinski definition) is 3. The van der Waals surface area contributed by atoms with Crippen molar-refractivity contribution in [1.82, 2.24) is 15.3 Å². The summed E-state index contributed by atoms with van der Waals surface area (Å²) in [5.41, 5.74) is 2.14. The zero-order valence-corrected chi connectivity index (χ0v) is 14.1. The Morgan fingerprint density at radius 3 is 2.96 bits per heavy atom. The van der Waals surface area contributed by atoms with Crippen molar-refractivity contribution in [3.05, 3.63) is 59.7 Å². The molecule has 124 valence electrons. The molecule has 0 saturated heterocycles. The summed E-state index contributed by atoms with van der Waals surface area (Å²) in [4.78, 5) is 19.4. The van der Waals surface area contributed by atoms with Gasteiger partial charge in [0, 0.05) is 29.6 Å². The fourth-order valence-corrected chi connectivity index (χ4v) is 3.32. The van der Waals surface area contributed by atoms with E-state index >= 15 is 0 Å². The van der Waals surface area contributed by atoms with Crippen molar-refractivity contribution in [3.8, 4) is 0 Å². The Morgan fingerprint density at radius 1 is 1.29 bits per heavy atom. The average Bonchev–Trinajstić information content (AvgIpc) is 2.90. The number of nitrogens with one attached hydrogen (secondary N) is 2. The standard InChI is InChI=1S/C18H18FN3OS/c1-12-14(13-5-4-6-15(19)18(13)22-12)11-16(23)20-9-10-24-17-7-2-3-8-21-17/h2-8,22H,9-11H2,1H3,(H,20,23). The van der Waals surface area contributed by atoms with Gasteiger partial charge in [-0.15, -0.1) is 11.8 Å². The molecule has 1 amide bonds. The molecule has 3 rings (SSSR count). The van der Waals surface area contributed by atoms with Crippen molar-refractivity contribution < 1.29 is 9.18 Å². The van der Waals surface area contributed by atoms with Crippen molar-refractivity contribution in [2.45, 2.75) is 18.4 Å². The molecule has 6 heteroatoms. The molecule has 0 aliphatic carbocycles. The van der Waals surface area contributed by atoms with Gasteiger partial charge in [-0.2, -0.15) is 0 Å². The van der Waals surface area contributed by atoms with Gasteiger partial charge in [-0.3, -0.25) is 4.79 Å². The molecule has 0 aliphatic rings. The first-order chi connectivity index (χ1) is 11.6. The lowest BCUT2D eigenvalue weighted by atomic mass is 10.1. The number of thioether (sulfide) groups is 1. The Balaban J connectivity index is 1.56. The molecule has 3 aromatic rings. The number of pyridine rings is 1. The van der Waals surface area contributed by atoms with E-state index < -0.39 is 0 Å². The fourth-order valence-electron chi connectivity index (χ4n) is 2.60. The van der Waals surface area contributed by atoms with Crippen molar-refractivity contribution in [3.63, 3.8) is 0 Å². The lowest BCUT2D eigenvalue weighted by Gasteiger charge is -2.05. The molecule has 4 nitrogen and oxygen atoms in total. The number of benzene rings is 1. The smallest absolute Gasteiger partial charge is 0.224 e. The molecule has 0 fully saturated rings. The van der Waals surface area contributed by atoms with Crippen LogP contribution in [-0.2, 0) is 11.2 Å². The van der Waals surface area contributed by atoms with Crippen LogP contribution in [0.15, 0.2) is 47.6 Å². The van der Waals surface area contributed by atoms with Crippen molar-refractivity contribution >= 4 is 28.6 Å². The number of aryl methyl sites for hydroxylation is 1. The Hall–Kier alpha value is -2.34. The first-order valence-corrected chi connectivity index (χ1v) is 8.70. The van der Waals surface area contributed by atoms with E-state index in [2.05, 4.69) is 15.3 Å². The van der Waals surface area contributed by atoms with Crippen LogP contribution in [0.25, 0.3) is 10.9 Å². The number of aromatic nitrogens is 2. The predicted octanol–water partition coefficient (Wildman–Crippen LogP) is 3.46. The molecule has 2 aromatic heterocycles. The number of fused-ring (bicyclic) bond motifs is 1. The Kier molecular flexibility index (Phi) is 5.15. The molecule has 0 radical (unpaired) electrons. The number of para-hydroxylation sites is 1. The van der Waals surface area contributed by atoms with Crippen LogP contribution >= 0.6 is 11.8 Å². The van der Waals surface area contributed by atoms with E-state index in [1.165, 1.54) is 6.07 Å². The second kappa shape index (κ2) is 7.49. The summed E-state index contributed by atoms with van der Waals surface area (Å²) in [7, 11) is 0. The summed E-state index contributed by atoms with van der Waals surface area (Å²) in [5, 5.41) is 4.61. The van der Waals surface area contributed by atoms with Crippen LogP contribution in [0, 0.1) is 12.7 Å². The van der Waals surface area contributed by atoms with Gasteiger partial charge in [0.25, 0.3) is 0 Å². The number of hydrogen-bond donors (Lipinski definition) is 2. The Labute approximate surface area is 143 Å². The van der Waals surface area contributed by atoms with Crippen LogP contribution < -0.4 is 5.32 Å². The van der Waals surface area contributed by atoms with E-state index in [-0.39, 0.29) is 18.1 Å². The van der Waals surface area contributed by atoms with Gasteiger partial charge in [-0.25, -0.2) is 9.37 Å². The number of carbonyl (C=O) groups is 1. The normalized spacial score (nSPS) is 10.9. The third-order valence-corrected chi connectivity index (χ3v) is 4.70. The van der Waals surface area contributed by atoms with Gasteiger partial charge in [0.15, 0.2) is 0 Å². The molecular weight excluding hydrogens is 325 g/mol. The molecule has 1 aromatic carbocycles. The highest BCUT2D eigenvalue weighted by atomic mass is 32.2. The quantitative estimate of drug-likeness (QED) is 0.532. The summed E-state index contributed by atoms with van der Waals surface area (Å²) in [6, 6.07) is 10.7. The van der Waals surface area contributed by atoms with Crippen LogP contribution in [0.1, 0.15) is 11.3 Å². The maximum atomic E-state index is 13.8. The van der Waals surface area contributed by atoms with E-state index in [0.717, 1.165) is 27.4 Å². The van der Waals surface area contributed by atoms with E-state index in [4.69, 9.17) is 0 Å². The van der Waals surface area contributed by atoms with Gasteiger partial charge in [0.05, 0.1) is 17.0 Å².